The number of rotatable bonds is 5. The Balaban J connectivity index is 1.64. The number of carbonyl (C=O) groups is 1. The standard InChI is InChI=1S/C29H39NO4/c1-28-16-24(18-5-8-20(9-6-18)30(2)3)27-22-12-10-21(31)15-19(22)7-11-23(27)25(28)13-14-29(28,33)26(32)17-34-4/h5-6,8-9,15,23-26,32-33H,7,10-14,16-17H2,1-4H3. The van der Waals surface area contributed by atoms with Crippen molar-refractivity contribution in [3.8, 4) is 0 Å². The maximum atomic E-state index is 12.2. The monoisotopic (exact) mass is 465 g/mol. The van der Waals surface area contributed by atoms with E-state index in [-0.39, 0.29) is 18.3 Å². The third kappa shape index (κ3) is 3.51. The number of allylic oxidation sites excluding steroid dienone is 4. The predicted molar refractivity (Wildman–Crippen MR) is 134 cm³/mol. The number of nitrogens with zero attached hydrogens (tertiary/aromatic N) is 1. The van der Waals surface area contributed by atoms with Crippen LogP contribution in [-0.2, 0) is 9.53 Å². The highest BCUT2D eigenvalue weighted by molar-refractivity contribution is 5.93. The summed E-state index contributed by atoms with van der Waals surface area (Å²) in [5.41, 5.74) is 5.03. The maximum absolute atomic E-state index is 12.2. The quantitative estimate of drug-likeness (QED) is 0.675. The highest BCUT2D eigenvalue weighted by Crippen LogP contribution is 2.67. The van der Waals surface area contributed by atoms with Gasteiger partial charge in [-0.15, -0.1) is 0 Å². The third-order valence-corrected chi connectivity index (χ3v) is 9.64. The molecule has 0 radical (unpaired) electrons. The fraction of sp³-hybridized carbons (Fsp3) is 0.621. The second-order valence-electron chi connectivity index (χ2n) is 11.4. The summed E-state index contributed by atoms with van der Waals surface area (Å²) in [7, 11) is 5.68. The SMILES string of the molecule is COCC(O)C1(O)CCC2C3CCC4=CC(=O)CCC4=C3C(c3ccc(N(C)C)cc3)CC21C. The van der Waals surface area contributed by atoms with Gasteiger partial charge in [-0.05, 0) is 85.3 Å². The van der Waals surface area contributed by atoms with E-state index in [0.29, 0.717) is 24.7 Å². The highest BCUT2D eigenvalue weighted by Gasteiger charge is 2.65. The number of ketones is 1. The van der Waals surface area contributed by atoms with E-state index in [4.69, 9.17) is 4.74 Å². The van der Waals surface area contributed by atoms with Gasteiger partial charge in [-0.2, -0.15) is 0 Å². The van der Waals surface area contributed by atoms with Crippen molar-refractivity contribution in [1.29, 1.82) is 0 Å². The molecule has 1 aromatic rings. The molecule has 0 amide bonds. The van der Waals surface area contributed by atoms with Gasteiger partial charge in [0.15, 0.2) is 5.78 Å². The normalized spacial score (nSPS) is 35.9. The van der Waals surface area contributed by atoms with Gasteiger partial charge in [-0.25, -0.2) is 0 Å². The lowest BCUT2D eigenvalue weighted by Crippen LogP contribution is -2.58. The number of fused-ring (bicyclic) bond motifs is 4. The third-order valence-electron chi connectivity index (χ3n) is 9.64. The van der Waals surface area contributed by atoms with Gasteiger partial charge in [0.2, 0.25) is 0 Å². The molecule has 0 saturated heterocycles. The summed E-state index contributed by atoms with van der Waals surface area (Å²) < 4.78 is 5.28. The minimum Gasteiger partial charge on any atom is -0.388 e. The van der Waals surface area contributed by atoms with E-state index < -0.39 is 17.1 Å². The molecule has 4 aliphatic carbocycles. The predicted octanol–water partition coefficient (Wildman–Crippen LogP) is 4.39. The summed E-state index contributed by atoms with van der Waals surface area (Å²) in [6, 6.07) is 8.82. The van der Waals surface area contributed by atoms with Gasteiger partial charge in [-0.1, -0.05) is 24.6 Å². The van der Waals surface area contributed by atoms with Gasteiger partial charge in [0.05, 0.1) is 12.2 Å². The molecule has 4 aliphatic rings. The van der Waals surface area contributed by atoms with Crippen LogP contribution in [-0.4, -0.2) is 55.5 Å². The molecule has 0 heterocycles. The van der Waals surface area contributed by atoms with E-state index in [1.54, 1.807) is 7.11 Å². The fourth-order valence-electron chi connectivity index (χ4n) is 7.85. The lowest BCUT2D eigenvalue weighted by molar-refractivity contribution is -0.173. The summed E-state index contributed by atoms with van der Waals surface area (Å²) in [4.78, 5) is 14.3. The van der Waals surface area contributed by atoms with Crippen molar-refractivity contribution in [3.05, 3.63) is 52.6 Å². The summed E-state index contributed by atoms with van der Waals surface area (Å²) in [5, 5.41) is 23.0. The number of aliphatic hydroxyl groups excluding tert-OH is 1. The Bertz CT molecular complexity index is 1030. The maximum Gasteiger partial charge on any atom is 0.156 e. The van der Waals surface area contributed by atoms with Crippen LogP contribution in [0, 0.1) is 17.3 Å². The first-order chi connectivity index (χ1) is 16.2. The molecule has 0 bridgehead atoms. The number of hydrogen-bond acceptors (Lipinski definition) is 5. The van der Waals surface area contributed by atoms with Crippen LogP contribution in [0.1, 0.15) is 63.4 Å². The minimum atomic E-state index is -1.16. The van der Waals surface area contributed by atoms with Gasteiger partial charge in [0, 0.05) is 44.6 Å². The number of aliphatic hydroxyl groups is 2. The Morgan fingerprint density at radius 3 is 2.56 bits per heavy atom. The first-order valence-corrected chi connectivity index (χ1v) is 12.8. The number of methoxy groups -OCH3 is 1. The molecule has 2 saturated carbocycles. The van der Waals surface area contributed by atoms with Crippen LogP contribution in [0.25, 0.3) is 0 Å². The van der Waals surface area contributed by atoms with Crippen LogP contribution in [0.2, 0.25) is 0 Å². The zero-order valence-corrected chi connectivity index (χ0v) is 21.0. The summed E-state index contributed by atoms with van der Waals surface area (Å²) in [6.45, 7) is 2.36. The number of ether oxygens (including phenoxy) is 1. The topological polar surface area (TPSA) is 70.0 Å². The van der Waals surface area contributed by atoms with Crippen molar-refractivity contribution in [2.45, 2.75) is 69.5 Å². The van der Waals surface area contributed by atoms with Crippen molar-refractivity contribution in [2.24, 2.45) is 17.3 Å². The van der Waals surface area contributed by atoms with Gasteiger partial charge in [-0.3, -0.25) is 4.79 Å². The van der Waals surface area contributed by atoms with E-state index in [9.17, 15) is 15.0 Å². The van der Waals surface area contributed by atoms with Crippen LogP contribution in [0.4, 0.5) is 5.69 Å². The molecule has 5 heteroatoms. The number of hydrogen-bond donors (Lipinski definition) is 2. The molecule has 1 aromatic carbocycles. The van der Waals surface area contributed by atoms with Gasteiger partial charge in [0.1, 0.15) is 6.10 Å². The van der Waals surface area contributed by atoms with Crippen LogP contribution in [0.15, 0.2) is 47.1 Å². The second kappa shape index (κ2) is 8.61. The van der Waals surface area contributed by atoms with Crippen molar-refractivity contribution in [2.75, 3.05) is 32.7 Å². The van der Waals surface area contributed by atoms with Crippen LogP contribution in [0.3, 0.4) is 0 Å². The summed E-state index contributed by atoms with van der Waals surface area (Å²) in [5.74, 6) is 1.13. The molecular formula is C29H39NO4. The van der Waals surface area contributed by atoms with Crippen molar-refractivity contribution in [3.63, 3.8) is 0 Å². The van der Waals surface area contributed by atoms with Gasteiger partial charge >= 0.3 is 0 Å². The average molecular weight is 466 g/mol. The highest BCUT2D eigenvalue weighted by atomic mass is 16.5. The lowest BCUT2D eigenvalue weighted by Gasteiger charge is -2.55. The second-order valence-corrected chi connectivity index (χ2v) is 11.4. The first-order valence-electron chi connectivity index (χ1n) is 12.8. The molecule has 6 unspecified atom stereocenters. The lowest BCUT2D eigenvalue weighted by atomic mass is 9.50. The van der Waals surface area contributed by atoms with Crippen LogP contribution >= 0.6 is 0 Å². The van der Waals surface area contributed by atoms with Crippen molar-refractivity contribution >= 4 is 11.5 Å². The van der Waals surface area contributed by atoms with E-state index >= 15 is 0 Å². The summed E-state index contributed by atoms with van der Waals surface area (Å²) in [6.07, 6.45) is 6.70. The Kier molecular flexibility index (Phi) is 6.02. The van der Waals surface area contributed by atoms with Crippen molar-refractivity contribution in [1.82, 2.24) is 0 Å². The first kappa shape index (κ1) is 23.8. The molecule has 5 nitrogen and oxygen atoms in total. The van der Waals surface area contributed by atoms with Crippen molar-refractivity contribution < 1.29 is 19.7 Å². The van der Waals surface area contributed by atoms with Crippen LogP contribution < -0.4 is 4.90 Å². The number of anilines is 1. The minimum absolute atomic E-state index is 0.147. The smallest absolute Gasteiger partial charge is 0.156 e. The molecule has 184 valence electrons. The number of carbonyl (C=O) groups excluding carboxylic acids is 1. The Labute approximate surface area is 203 Å². The zero-order valence-electron chi connectivity index (χ0n) is 21.0. The van der Waals surface area contributed by atoms with E-state index in [1.165, 1.54) is 28.0 Å². The molecule has 2 fully saturated rings. The summed E-state index contributed by atoms with van der Waals surface area (Å²) >= 11 is 0. The molecular weight excluding hydrogens is 426 g/mol. The van der Waals surface area contributed by atoms with Crippen LogP contribution in [0.5, 0.6) is 0 Å². The van der Waals surface area contributed by atoms with E-state index in [1.807, 2.05) is 6.08 Å². The molecule has 34 heavy (non-hydrogen) atoms. The Morgan fingerprint density at radius 1 is 1.15 bits per heavy atom. The van der Waals surface area contributed by atoms with Gasteiger partial charge in [0.25, 0.3) is 0 Å². The molecule has 5 rings (SSSR count). The molecule has 0 aliphatic heterocycles. The van der Waals surface area contributed by atoms with Gasteiger partial charge < -0.3 is 19.8 Å². The fourth-order valence-corrected chi connectivity index (χ4v) is 7.85. The largest absolute Gasteiger partial charge is 0.388 e. The Morgan fingerprint density at radius 2 is 1.88 bits per heavy atom. The molecule has 0 spiro atoms. The molecule has 0 aromatic heterocycles. The van der Waals surface area contributed by atoms with E-state index in [2.05, 4.69) is 50.2 Å². The van der Waals surface area contributed by atoms with E-state index in [0.717, 1.165) is 32.1 Å². The number of benzene rings is 1. The molecule has 2 N–H and O–H groups in total. The molecule has 6 atom stereocenters. The average Bonchev–Trinajstić information content (AvgIpc) is 3.10. The zero-order chi connectivity index (χ0) is 24.3. The Hall–Kier alpha value is -1.95.